The van der Waals surface area contributed by atoms with Crippen molar-refractivity contribution in [1.82, 2.24) is 10.2 Å². The Kier molecular flexibility index (Phi) is 5.04. The van der Waals surface area contributed by atoms with Crippen LogP contribution in [-0.4, -0.2) is 30.6 Å². The summed E-state index contributed by atoms with van der Waals surface area (Å²) in [5.41, 5.74) is 1.32. The third-order valence-electron chi connectivity index (χ3n) is 3.81. The molecule has 1 N–H and O–H groups in total. The second kappa shape index (κ2) is 6.55. The monoisotopic (exact) mass is 266 g/mol. The smallest absolute Gasteiger partial charge is 0.0409 e. The molecule has 1 saturated heterocycles. The lowest BCUT2D eigenvalue weighted by atomic mass is 10.0. The molecule has 2 rings (SSSR count). The SMILES string of the molecule is CCCN(C1CCNC1)C(C)c1cccc(Cl)c1. The Morgan fingerprint density at radius 1 is 1.50 bits per heavy atom. The highest BCUT2D eigenvalue weighted by atomic mass is 35.5. The van der Waals surface area contributed by atoms with Gasteiger partial charge in [-0.25, -0.2) is 0 Å². The molecule has 0 spiro atoms. The van der Waals surface area contributed by atoms with Gasteiger partial charge in [0.2, 0.25) is 0 Å². The van der Waals surface area contributed by atoms with Gasteiger partial charge in [-0.3, -0.25) is 4.90 Å². The maximum Gasteiger partial charge on any atom is 0.0409 e. The number of nitrogens with zero attached hydrogens (tertiary/aromatic N) is 1. The van der Waals surface area contributed by atoms with Crippen LogP contribution in [0.25, 0.3) is 0 Å². The summed E-state index contributed by atoms with van der Waals surface area (Å²) in [4.78, 5) is 2.62. The Morgan fingerprint density at radius 3 is 2.94 bits per heavy atom. The minimum atomic E-state index is 0.438. The van der Waals surface area contributed by atoms with Crippen molar-refractivity contribution in [3.63, 3.8) is 0 Å². The predicted molar refractivity (Wildman–Crippen MR) is 78.1 cm³/mol. The number of benzene rings is 1. The van der Waals surface area contributed by atoms with E-state index < -0.39 is 0 Å². The summed E-state index contributed by atoms with van der Waals surface area (Å²) in [7, 11) is 0. The summed E-state index contributed by atoms with van der Waals surface area (Å²) in [6.07, 6.45) is 2.45. The van der Waals surface area contributed by atoms with Gasteiger partial charge in [-0.15, -0.1) is 0 Å². The average molecular weight is 267 g/mol. The van der Waals surface area contributed by atoms with Crippen molar-refractivity contribution in [2.75, 3.05) is 19.6 Å². The van der Waals surface area contributed by atoms with Crippen molar-refractivity contribution in [1.29, 1.82) is 0 Å². The standard InChI is InChI=1S/C15H23ClN2/c1-3-9-18(15-7-8-17-11-15)12(2)13-5-4-6-14(16)10-13/h4-6,10,12,15,17H,3,7-9,11H2,1-2H3. The van der Waals surface area contributed by atoms with Gasteiger partial charge in [-0.2, -0.15) is 0 Å². The minimum Gasteiger partial charge on any atom is -0.315 e. The average Bonchev–Trinajstić information content (AvgIpc) is 2.89. The highest BCUT2D eigenvalue weighted by Gasteiger charge is 2.26. The van der Waals surface area contributed by atoms with Gasteiger partial charge in [-0.1, -0.05) is 30.7 Å². The molecule has 100 valence electrons. The van der Waals surface area contributed by atoms with Crippen LogP contribution in [0.2, 0.25) is 5.02 Å². The summed E-state index contributed by atoms with van der Waals surface area (Å²) < 4.78 is 0. The van der Waals surface area contributed by atoms with Crippen LogP contribution < -0.4 is 5.32 Å². The van der Waals surface area contributed by atoms with Gasteiger partial charge in [-0.05, 0) is 50.6 Å². The van der Waals surface area contributed by atoms with Crippen LogP contribution in [0, 0.1) is 0 Å². The molecule has 0 saturated carbocycles. The van der Waals surface area contributed by atoms with Gasteiger partial charge < -0.3 is 5.32 Å². The Bertz CT molecular complexity index is 375. The van der Waals surface area contributed by atoms with Crippen molar-refractivity contribution >= 4 is 11.6 Å². The summed E-state index contributed by atoms with van der Waals surface area (Å²) in [5.74, 6) is 0. The molecule has 1 aliphatic heterocycles. The zero-order valence-corrected chi connectivity index (χ0v) is 12.1. The van der Waals surface area contributed by atoms with E-state index in [-0.39, 0.29) is 0 Å². The first kappa shape index (κ1) is 13.9. The first-order valence-corrected chi connectivity index (χ1v) is 7.32. The molecule has 1 aromatic rings. The van der Waals surface area contributed by atoms with Crippen LogP contribution in [-0.2, 0) is 0 Å². The number of hydrogen-bond donors (Lipinski definition) is 1. The number of hydrogen-bond acceptors (Lipinski definition) is 2. The van der Waals surface area contributed by atoms with Crippen LogP contribution in [0.3, 0.4) is 0 Å². The van der Waals surface area contributed by atoms with E-state index in [4.69, 9.17) is 11.6 Å². The van der Waals surface area contributed by atoms with Gasteiger partial charge >= 0.3 is 0 Å². The molecule has 18 heavy (non-hydrogen) atoms. The Hall–Kier alpha value is -0.570. The van der Waals surface area contributed by atoms with Gasteiger partial charge in [0.05, 0.1) is 0 Å². The van der Waals surface area contributed by atoms with E-state index in [0.717, 1.165) is 24.7 Å². The number of rotatable bonds is 5. The maximum atomic E-state index is 6.10. The van der Waals surface area contributed by atoms with E-state index in [9.17, 15) is 0 Å². The second-order valence-corrected chi connectivity index (χ2v) is 5.55. The summed E-state index contributed by atoms with van der Waals surface area (Å²) in [6, 6.07) is 9.37. The fourth-order valence-electron chi connectivity index (χ4n) is 2.83. The lowest BCUT2D eigenvalue weighted by molar-refractivity contribution is 0.153. The van der Waals surface area contributed by atoms with Crippen LogP contribution >= 0.6 is 11.6 Å². The van der Waals surface area contributed by atoms with E-state index in [1.54, 1.807) is 0 Å². The fraction of sp³-hybridized carbons (Fsp3) is 0.600. The molecular weight excluding hydrogens is 244 g/mol. The van der Waals surface area contributed by atoms with Gasteiger partial charge in [0, 0.05) is 23.7 Å². The lowest BCUT2D eigenvalue weighted by Crippen LogP contribution is -2.39. The zero-order valence-electron chi connectivity index (χ0n) is 11.3. The molecule has 0 aliphatic carbocycles. The Labute approximate surface area is 115 Å². The van der Waals surface area contributed by atoms with Crippen LogP contribution in [0.15, 0.2) is 24.3 Å². The van der Waals surface area contributed by atoms with Gasteiger partial charge in [0.1, 0.15) is 0 Å². The molecule has 2 unspecified atom stereocenters. The van der Waals surface area contributed by atoms with Crippen LogP contribution in [0.4, 0.5) is 0 Å². The van der Waals surface area contributed by atoms with E-state index in [0.29, 0.717) is 12.1 Å². The summed E-state index contributed by atoms with van der Waals surface area (Å²) >= 11 is 6.10. The molecule has 1 fully saturated rings. The van der Waals surface area contributed by atoms with E-state index >= 15 is 0 Å². The zero-order chi connectivity index (χ0) is 13.0. The molecule has 0 amide bonds. The molecule has 0 radical (unpaired) electrons. The van der Waals surface area contributed by atoms with Crippen molar-refractivity contribution in [2.24, 2.45) is 0 Å². The molecule has 3 heteroatoms. The van der Waals surface area contributed by atoms with E-state index in [1.807, 2.05) is 12.1 Å². The van der Waals surface area contributed by atoms with Gasteiger partial charge in [0.25, 0.3) is 0 Å². The lowest BCUT2D eigenvalue weighted by Gasteiger charge is -2.34. The molecule has 1 heterocycles. The number of nitrogens with one attached hydrogen (secondary N) is 1. The van der Waals surface area contributed by atoms with Crippen LogP contribution in [0.1, 0.15) is 38.3 Å². The number of halogens is 1. The Balaban J connectivity index is 2.14. The largest absolute Gasteiger partial charge is 0.315 e. The predicted octanol–water partition coefficient (Wildman–Crippen LogP) is 3.47. The quantitative estimate of drug-likeness (QED) is 0.878. The summed E-state index contributed by atoms with van der Waals surface area (Å²) in [6.45, 7) is 7.96. The molecule has 0 bridgehead atoms. The molecular formula is C15H23ClN2. The third-order valence-corrected chi connectivity index (χ3v) is 4.05. The highest BCUT2D eigenvalue weighted by Crippen LogP contribution is 2.26. The van der Waals surface area contributed by atoms with Gasteiger partial charge in [0.15, 0.2) is 0 Å². The van der Waals surface area contributed by atoms with Crippen molar-refractivity contribution in [2.45, 2.75) is 38.8 Å². The van der Waals surface area contributed by atoms with E-state index in [2.05, 4.69) is 36.2 Å². The maximum absolute atomic E-state index is 6.10. The molecule has 1 aliphatic rings. The third kappa shape index (κ3) is 3.25. The van der Waals surface area contributed by atoms with Crippen LogP contribution in [0.5, 0.6) is 0 Å². The summed E-state index contributed by atoms with van der Waals surface area (Å²) in [5, 5.41) is 4.29. The Morgan fingerprint density at radius 2 is 2.33 bits per heavy atom. The minimum absolute atomic E-state index is 0.438. The first-order valence-electron chi connectivity index (χ1n) is 6.94. The van der Waals surface area contributed by atoms with Crippen molar-refractivity contribution < 1.29 is 0 Å². The molecule has 2 nitrogen and oxygen atoms in total. The molecule has 1 aromatic carbocycles. The molecule has 0 aromatic heterocycles. The highest BCUT2D eigenvalue weighted by molar-refractivity contribution is 6.30. The molecule has 2 atom stereocenters. The first-order chi connectivity index (χ1) is 8.72. The van der Waals surface area contributed by atoms with E-state index in [1.165, 1.54) is 18.4 Å². The fourth-order valence-corrected chi connectivity index (χ4v) is 3.03. The second-order valence-electron chi connectivity index (χ2n) is 5.12. The van der Waals surface area contributed by atoms with Crippen molar-refractivity contribution in [3.8, 4) is 0 Å². The normalized spacial score (nSPS) is 21.4. The van der Waals surface area contributed by atoms with Crippen molar-refractivity contribution in [3.05, 3.63) is 34.9 Å². The topological polar surface area (TPSA) is 15.3 Å².